The third-order valence-corrected chi connectivity index (χ3v) is 3.85. The topological polar surface area (TPSA) is 30.3 Å². The molecule has 1 aliphatic heterocycles. The van der Waals surface area contributed by atoms with Gasteiger partial charge in [0, 0.05) is 37.9 Å². The molecule has 2 unspecified atom stereocenters. The van der Waals surface area contributed by atoms with Crippen molar-refractivity contribution in [1.82, 2.24) is 14.7 Å². The predicted molar refractivity (Wildman–Crippen MR) is 78.3 cm³/mol. The van der Waals surface area contributed by atoms with Crippen molar-refractivity contribution in [2.45, 2.75) is 12.6 Å². The highest BCUT2D eigenvalue weighted by Crippen LogP contribution is 2.29. The standard InChI is InChI=1S/C16H21N3O/c1-18-10-11-20-16(14-6-3-2-4-7-14)15(12-18)13-19-9-5-8-17-19/h2-9,15-16H,10-13H2,1H3. The molecule has 2 aromatic rings. The summed E-state index contributed by atoms with van der Waals surface area (Å²) in [5.74, 6) is 0.407. The molecule has 3 rings (SSSR count). The van der Waals surface area contributed by atoms with Crippen LogP contribution in [0.2, 0.25) is 0 Å². The van der Waals surface area contributed by atoms with Crippen LogP contribution in [0.3, 0.4) is 0 Å². The average molecular weight is 271 g/mol. The van der Waals surface area contributed by atoms with E-state index in [4.69, 9.17) is 4.74 Å². The lowest BCUT2D eigenvalue weighted by atomic mass is 9.95. The molecule has 106 valence electrons. The van der Waals surface area contributed by atoms with Crippen LogP contribution in [0.25, 0.3) is 0 Å². The largest absolute Gasteiger partial charge is 0.372 e. The molecule has 1 aliphatic rings. The second-order valence-corrected chi connectivity index (χ2v) is 5.45. The molecule has 1 aromatic heterocycles. The zero-order valence-electron chi connectivity index (χ0n) is 11.9. The molecular formula is C16H21N3O. The lowest BCUT2D eigenvalue weighted by molar-refractivity contribution is 0.0243. The summed E-state index contributed by atoms with van der Waals surface area (Å²) in [5, 5.41) is 4.34. The Balaban J connectivity index is 1.83. The van der Waals surface area contributed by atoms with E-state index >= 15 is 0 Å². The Morgan fingerprint density at radius 3 is 2.85 bits per heavy atom. The molecule has 4 nitrogen and oxygen atoms in total. The monoisotopic (exact) mass is 271 g/mol. The second-order valence-electron chi connectivity index (χ2n) is 5.45. The van der Waals surface area contributed by atoms with Gasteiger partial charge in [-0.3, -0.25) is 4.68 Å². The van der Waals surface area contributed by atoms with Gasteiger partial charge in [-0.2, -0.15) is 5.10 Å². The van der Waals surface area contributed by atoms with Gasteiger partial charge < -0.3 is 9.64 Å². The molecule has 20 heavy (non-hydrogen) atoms. The fourth-order valence-corrected chi connectivity index (χ4v) is 2.87. The molecule has 1 fully saturated rings. The first-order valence-corrected chi connectivity index (χ1v) is 7.15. The SMILES string of the molecule is CN1CCOC(c2ccccc2)C(Cn2cccn2)C1. The fraction of sp³-hybridized carbons (Fsp3) is 0.438. The van der Waals surface area contributed by atoms with E-state index in [2.05, 4.69) is 47.4 Å². The first kappa shape index (κ1) is 13.3. The van der Waals surface area contributed by atoms with Crippen LogP contribution >= 0.6 is 0 Å². The van der Waals surface area contributed by atoms with E-state index in [1.165, 1.54) is 5.56 Å². The number of benzene rings is 1. The molecule has 0 N–H and O–H groups in total. The lowest BCUT2D eigenvalue weighted by Crippen LogP contribution is -2.30. The van der Waals surface area contributed by atoms with Crippen molar-refractivity contribution in [3.05, 3.63) is 54.4 Å². The highest BCUT2D eigenvalue weighted by molar-refractivity contribution is 5.18. The van der Waals surface area contributed by atoms with Crippen molar-refractivity contribution < 1.29 is 4.74 Å². The molecule has 1 aromatic carbocycles. The Hall–Kier alpha value is -1.65. The molecule has 0 radical (unpaired) electrons. The molecule has 1 saturated heterocycles. The quantitative estimate of drug-likeness (QED) is 0.857. The van der Waals surface area contributed by atoms with Crippen molar-refractivity contribution in [3.8, 4) is 0 Å². The van der Waals surface area contributed by atoms with E-state index in [0.717, 1.165) is 26.2 Å². The normalized spacial score (nSPS) is 24.4. The number of aromatic nitrogens is 2. The van der Waals surface area contributed by atoms with Crippen molar-refractivity contribution in [3.63, 3.8) is 0 Å². The van der Waals surface area contributed by atoms with Gasteiger partial charge in [-0.25, -0.2) is 0 Å². The molecule has 0 spiro atoms. The van der Waals surface area contributed by atoms with Crippen LogP contribution in [0.4, 0.5) is 0 Å². The third kappa shape index (κ3) is 3.08. The number of hydrogen-bond donors (Lipinski definition) is 0. The van der Waals surface area contributed by atoms with Crippen LogP contribution in [0.15, 0.2) is 48.8 Å². The van der Waals surface area contributed by atoms with Gasteiger partial charge in [-0.05, 0) is 18.7 Å². The van der Waals surface area contributed by atoms with Crippen LogP contribution in [0, 0.1) is 5.92 Å². The third-order valence-electron chi connectivity index (χ3n) is 3.85. The first-order valence-electron chi connectivity index (χ1n) is 7.15. The van der Waals surface area contributed by atoms with Gasteiger partial charge in [0.15, 0.2) is 0 Å². The van der Waals surface area contributed by atoms with Gasteiger partial charge in [-0.1, -0.05) is 30.3 Å². The minimum Gasteiger partial charge on any atom is -0.372 e. The second kappa shape index (κ2) is 6.20. The van der Waals surface area contributed by atoms with Gasteiger partial charge in [0.25, 0.3) is 0 Å². The summed E-state index contributed by atoms with van der Waals surface area (Å²) in [4.78, 5) is 2.34. The summed E-state index contributed by atoms with van der Waals surface area (Å²) in [5.41, 5.74) is 1.26. The smallest absolute Gasteiger partial charge is 0.0883 e. The summed E-state index contributed by atoms with van der Waals surface area (Å²) in [7, 11) is 2.16. The predicted octanol–water partition coefficient (Wildman–Crippen LogP) is 2.20. The Bertz CT molecular complexity index is 512. The lowest BCUT2D eigenvalue weighted by Gasteiger charge is -2.26. The van der Waals surface area contributed by atoms with Gasteiger partial charge >= 0.3 is 0 Å². The highest BCUT2D eigenvalue weighted by atomic mass is 16.5. The van der Waals surface area contributed by atoms with E-state index in [0.29, 0.717) is 5.92 Å². The van der Waals surface area contributed by atoms with Crippen molar-refractivity contribution in [1.29, 1.82) is 0 Å². The average Bonchev–Trinajstić information content (AvgIpc) is 2.90. The van der Waals surface area contributed by atoms with Crippen LogP contribution in [-0.4, -0.2) is 41.4 Å². The van der Waals surface area contributed by atoms with Crippen molar-refractivity contribution in [2.24, 2.45) is 5.92 Å². The van der Waals surface area contributed by atoms with E-state index in [1.54, 1.807) is 0 Å². The highest BCUT2D eigenvalue weighted by Gasteiger charge is 2.28. The molecular weight excluding hydrogens is 250 g/mol. The van der Waals surface area contributed by atoms with Crippen LogP contribution in [-0.2, 0) is 11.3 Å². The Morgan fingerprint density at radius 1 is 1.25 bits per heavy atom. The Labute approximate surface area is 120 Å². The maximum atomic E-state index is 6.14. The van der Waals surface area contributed by atoms with Gasteiger partial charge in [-0.15, -0.1) is 0 Å². The summed E-state index contributed by atoms with van der Waals surface area (Å²) >= 11 is 0. The van der Waals surface area contributed by atoms with Gasteiger partial charge in [0.05, 0.1) is 12.7 Å². The minimum absolute atomic E-state index is 0.144. The molecule has 4 heteroatoms. The fourth-order valence-electron chi connectivity index (χ4n) is 2.87. The van der Waals surface area contributed by atoms with Gasteiger partial charge in [0.2, 0.25) is 0 Å². The zero-order chi connectivity index (χ0) is 13.8. The van der Waals surface area contributed by atoms with E-state index in [-0.39, 0.29) is 6.10 Å². The van der Waals surface area contributed by atoms with Crippen LogP contribution < -0.4 is 0 Å². The summed E-state index contributed by atoms with van der Waals surface area (Å²) in [6, 6.07) is 12.5. The zero-order valence-corrected chi connectivity index (χ0v) is 11.9. The molecule has 2 atom stereocenters. The Kier molecular flexibility index (Phi) is 4.14. The van der Waals surface area contributed by atoms with Crippen LogP contribution in [0.1, 0.15) is 11.7 Å². The minimum atomic E-state index is 0.144. The number of likely N-dealkylation sites (N-methyl/N-ethyl adjacent to an activating group) is 1. The Morgan fingerprint density at radius 2 is 2.10 bits per heavy atom. The van der Waals surface area contributed by atoms with Crippen molar-refractivity contribution in [2.75, 3.05) is 26.7 Å². The number of ether oxygens (including phenoxy) is 1. The summed E-state index contributed by atoms with van der Waals surface area (Å²) < 4.78 is 8.14. The molecule has 0 aliphatic carbocycles. The van der Waals surface area contributed by atoms with E-state index < -0.39 is 0 Å². The van der Waals surface area contributed by atoms with Crippen LogP contribution in [0.5, 0.6) is 0 Å². The summed E-state index contributed by atoms with van der Waals surface area (Å²) in [6.45, 7) is 3.68. The maximum Gasteiger partial charge on any atom is 0.0883 e. The number of nitrogens with zero attached hydrogens (tertiary/aromatic N) is 3. The molecule has 2 heterocycles. The van der Waals surface area contributed by atoms with Gasteiger partial charge in [0.1, 0.15) is 0 Å². The van der Waals surface area contributed by atoms with E-state index in [9.17, 15) is 0 Å². The molecule has 0 bridgehead atoms. The number of rotatable bonds is 3. The van der Waals surface area contributed by atoms with E-state index in [1.807, 2.05) is 23.1 Å². The molecule has 0 saturated carbocycles. The molecule has 0 amide bonds. The maximum absolute atomic E-state index is 6.14. The first-order chi connectivity index (χ1) is 9.83. The summed E-state index contributed by atoms with van der Waals surface area (Å²) in [6.07, 6.45) is 4.00. The number of hydrogen-bond acceptors (Lipinski definition) is 3. The van der Waals surface area contributed by atoms with Crippen molar-refractivity contribution >= 4 is 0 Å².